The molecule has 0 radical (unpaired) electrons. The lowest BCUT2D eigenvalue weighted by atomic mass is 9.84. The summed E-state index contributed by atoms with van der Waals surface area (Å²) in [4.78, 5) is 60.1. The number of aromatic nitrogens is 2. The number of nitrogens with one attached hydrogen (secondary N) is 2. The van der Waals surface area contributed by atoms with E-state index in [4.69, 9.17) is 14.5 Å². The highest BCUT2D eigenvalue weighted by atomic mass is 16.5. The molecule has 1 aromatic carbocycles. The van der Waals surface area contributed by atoms with Crippen molar-refractivity contribution in [3.63, 3.8) is 0 Å². The van der Waals surface area contributed by atoms with Crippen molar-refractivity contribution in [1.82, 2.24) is 30.2 Å². The van der Waals surface area contributed by atoms with Crippen molar-refractivity contribution in [2.75, 3.05) is 45.3 Å². The van der Waals surface area contributed by atoms with E-state index in [1.54, 1.807) is 21.1 Å². The van der Waals surface area contributed by atoms with Crippen molar-refractivity contribution in [3.8, 4) is 11.3 Å². The van der Waals surface area contributed by atoms with Crippen molar-refractivity contribution in [2.24, 2.45) is 11.3 Å². The summed E-state index contributed by atoms with van der Waals surface area (Å²) >= 11 is 0. The molecule has 3 aromatic rings. The van der Waals surface area contributed by atoms with Crippen LogP contribution in [0.1, 0.15) is 97.9 Å². The van der Waals surface area contributed by atoms with Crippen molar-refractivity contribution < 1.29 is 28.7 Å². The van der Waals surface area contributed by atoms with Crippen LogP contribution in [0.2, 0.25) is 0 Å². The number of pyridine rings is 1. The van der Waals surface area contributed by atoms with Crippen LogP contribution in [0, 0.1) is 11.3 Å². The van der Waals surface area contributed by atoms with Crippen molar-refractivity contribution in [3.05, 3.63) is 47.8 Å². The van der Waals surface area contributed by atoms with Gasteiger partial charge < -0.3 is 29.2 Å². The fraction of sp³-hybridized carbons (Fsp3) is 0.605. The van der Waals surface area contributed by atoms with Gasteiger partial charge in [0, 0.05) is 74.1 Å². The molecule has 0 unspecified atom stereocenters. The Balaban J connectivity index is 1.36. The van der Waals surface area contributed by atoms with Crippen LogP contribution in [0.25, 0.3) is 22.2 Å². The van der Waals surface area contributed by atoms with Gasteiger partial charge in [-0.05, 0) is 101 Å². The van der Waals surface area contributed by atoms with Gasteiger partial charge >= 0.3 is 5.97 Å². The van der Waals surface area contributed by atoms with Crippen LogP contribution in [-0.2, 0) is 41.6 Å². The minimum absolute atomic E-state index is 0.148. The summed E-state index contributed by atoms with van der Waals surface area (Å²) in [6.45, 7) is 17.1. The van der Waals surface area contributed by atoms with Crippen LogP contribution in [0.3, 0.4) is 0 Å². The molecule has 4 atom stereocenters. The average molecular weight is 774 g/mol. The van der Waals surface area contributed by atoms with E-state index >= 15 is 0 Å². The molecule has 13 nitrogen and oxygen atoms in total. The molecule has 0 spiro atoms. The van der Waals surface area contributed by atoms with Gasteiger partial charge in [-0.2, -0.15) is 0 Å². The summed E-state index contributed by atoms with van der Waals surface area (Å²) in [5.41, 5.74) is 9.18. The summed E-state index contributed by atoms with van der Waals surface area (Å²) in [7, 11) is 3.25. The summed E-state index contributed by atoms with van der Waals surface area (Å²) < 4.78 is 14.2. The zero-order valence-corrected chi connectivity index (χ0v) is 34.9. The summed E-state index contributed by atoms with van der Waals surface area (Å²) in [6.07, 6.45) is 7.59. The number of anilines is 1. The highest BCUT2D eigenvalue weighted by Gasteiger charge is 2.35. The molecule has 2 N–H and O–H groups in total. The first-order valence-corrected chi connectivity index (χ1v) is 20.3. The lowest BCUT2D eigenvalue weighted by molar-refractivity contribution is -0.155. The van der Waals surface area contributed by atoms with Gasteiger partial charge in [0.05, 0.1) is 24.1 Å². The van der Waals surface area contributed by atoms with Gasteiger partial charge in [0.1, 0.15) is 18.1 Å². The average Bonchev–Trinajstić information content (AvgIpc) is 3.50. The van der Waals surface area contributed by atoms with E-state index < -0.39 is 35.4 Å². The Bertz CT molecular complexity index is 1850. The van der Waals surface area contributed by atoms with Gasteiger partial charge in [-0.1, -0.05) is 27.7 Å². The zero-order valence-electron chi connectivity index (χ0n) is 34.9. The number of amides is 3. The van der Waals surface area contributed by atoms with Crippen LogP contribution in [0.4, 0.5) is 5.69 Å². The molecule has 2 aliphatic rings. The number of aryl methyl sites for hydroxylation is 1. The molecule has 0 bridgehead atoms. The van der Waals surface area contributed by atoms with Crippen LogP contribution in [0.15, 0.2) is 36.5 Å². The monoisotopic (exact) mass is 773 g/mol. The van der Waals surface area contributed by atoms with E-state index in [9.17, 15) is 19.2 Å². The Morgan fingerprint density at radius 1 is 1.07 bits per heavy atom. The van der Waals surface area contributed by atoms with E-state index in [-0.39, 0.29) is 24.5 Å². The van der Waals surface area contributed by atoms with E-state index in [1.165, 1.54) is 45.8 Å². The Morgan fingerprint density at radius 3 is 2.46 bits per heavy atom. The second-order valence-electron chi connectivity index (χ2n) is 16.6. The third-order valence-corrected chi connectivity index (χ3v) is 11.3. The van der Waals surface area contributed by atoms with Crippen molar-refractivity contribution >= 4 is 40.8 Å². The first-order valence-electron chi connectivity index (χ1n) is 20.3. The Labute approximate surface area is 332 Å². The molecule has 13 heteroatoms. The van der Waals surface area contributed by atoms with Crippen molar-refractivity contribution in [2.45, 2.75) is 118 Å². The van der Waals surface area contributed by atoms with Crippen LogP contribution in [0.5, 0.6) is 0 Å². The molecule has 5 rings (SSSR count). The fourth-order valence-corrected chi connectivity index (χ4v) is 8.26. The number of likely N-dealkylation sites (N-methyl/N-ethyl adjacent to an activating group) is 1. The first-order chi connectivity index (χ1) is 26.7. The third-order valence-electron chi connectivity index (χ3n) is 11.3. The second kappa shape index (κ2) is 18.6. The lowest BCUT2D eigenvalue weighted by Gasteiger charge is -2.35. The van der Waals surface area contributed by atoms with E-state index in [0.29, 0.717) is 32.2 Å². The zero-order chi connectivity index (χ0) is 40.7. The molecule has 2 fully saturated rings. The lowest BCUT2D eigenvalue weighted by Crippen LogP contribution is -2.60. The third kappa shape index (κ3) is 9.54. The number of benzene rings is 1. The van der Waals surface area contributed by atoms with Gasteiger partial charge in [0.2, 0.25) is 12.3 Å². The number of rotatable bonds is 16. The Hall–Kier alpha value is -4.49. The number of nitrogens with zero attached hydrogens (tertiary/aromatic N) is 5. The number of hydrazine groups is 1. The quantitative estimate of drug-likeness (QED) is 0.140. The molecule has 3 amide bonds. The van der Waals surface area contributed by atoms with E-state index in [2.05, 4.69) is 65.2 Å². The number of carbonyl (C=O) groups excluding carboxylic acids is 4. The summed E-state index contributed by atoms with van der Waals surface area (Å²) in [6, 6.07) is 8.64. The number of carbonyl (C=O) groups is 4. The first kappa shape index (κ1) is 42.6. The van der Waals surface area contributed by atoms with E-state index in [0.717, 1.165) is 42.1 Å². The smallest absolute Gasteiger partial charge is 0.324 e. The number of fused-ring (bicyclic) bond motifs is 1. The fourth-order valence-electron chi connectivity index (χ4n) is 8.26. The maximum Gasteiger partial charge on any atom is 0.324 e. The van der Waals surface area contributed by atoms with Crippen molar-refractivity contribution in [1.29, 1.82) is 0 Å². The molecule has 56 heavy (non-hydrogen) atoms. The van der Waals surface area contributed by atoms with Gasteiger partial charge in [-0.25, -0.2) is 5.43 Å². The SMILES string of the molecule is CCn1c(-c2cccnc2[C@H](C)OC)c(CC(C)(C)COC(=O)[C@@H]2CCCN(C(=O)[C@H](C)NC(=O)[C@H](C(C)C)N(C)C=O)N2)c2cc(N3CCCCC3)ccc21. The maximum atomic E-state index is 13.6. The Morgan fingerprint density at radius 2 is 1.80 bits per heavy atom. The molecule has 0 aliphatic carbocycles. The second-order valence-corrected chi connectivity index (χ2v) is 16.6. The van der Waals surface area contributed by atoms with Gasteiger partial charge in [-0.15, -0.1) is 0 Å². The minimum Gasteiger partial charge on any atom is -0.464 e. The molecule has 0 saturated carbocycles. The predicted octanol–water partition coefficient (Wildman–Crippen LogP) is 5.65. The highest BCUT2D eigenvalue weighted by Crippen LogP contribution is 2.42. The van der Waals surface area contributed by atoms with Crippen LogP contribution < -0.4 is 15.6 Å². The molecular formula is C43H63N7O6. The topological polar surface area (TPSA) is 138 Å². The number of ether oxygens (including phenoxy) is 2. The summed E-state index contributed by atoms with van der Waals surface area (Å²) in [5.74, 6) is -1.35. The summed E-state index contributed by atoms with van der Waals surface area (Å²) in [5, 5.41) is 5.34. The minimum atomic E-state index is -0.868. The normalized spacial score (nSPS) is 18.1. The van der Waals surface area contributed by atoms with Crippen LogP contribution >= 0.6 is 0 Å². The number of methoxy groups -OCH3 is 1. The number of hydrogen-bond acceptors (Lipinski definition) is 9. The van der Waals surface area contributed by atoms with Crippen LogP contribution in [-0.4, -0.2) is 102 Å². The van der Waals surface area contributed by atoms with Gasteiger partial charge in [-0.3, -0.25) is 29.2 Å². The maximum absolute atomic E-state index is 13.6. The van der Waals surface area contributed by atoms with E-state index in [1.807, 2.05) is 33.0 Å². The Kier molecular flexibility index (Phi) is 14.2. The number of hydrogen-bond donors (Lipinski definition) is 2. The molecular weight excluding hydrogens is 711 g/mol. The molecule has 2 aromatic heterocycles. The standard InChI is InChI=1S/C43H63N7O6/c1-10-49-36-19-18-31(48-21-12-11-13-22-48)24-33(36)34(39(49)32-16-14-20-44-37(32)30(5)55-9)25-43(6,7)26-56-42(54)35-17-15-23-50(46-35)41(53)29(4)45-40(52)38(28(2)3)47(8)27-51/h14,16,18-20,24,27-30,35,38,46H,10-13,15,17,21-23,25-26H2,1-9H3,(H,45,52)/t29-,30-,35-,38-/m0/s1. The number of piperidine rings is 1. The van der Waals surface area contributed by atoms with Gasteiger partial charge in [0.15, 0.2) is 0 Å². The van der Waals surface area contributed by atoms with Gasteiger partial charge in [0.25, 0.3) is 5.91 Å². The highest BCUT2D eigenvalue weighted by molar-refractivity contribution is 5.95. The predicted molar refractivity (Wildman–Crippen MR) is 219 cm³/mol. The number of esters is 1. The molecule has 2 saturated heterocycles. The molecule has 2 aliphatic heterocycles. The molecule has 306 valence electrons. The largest absolute Gasteiger partial charge is 0.464 e. The molecule has 4 heterocycles.